The Labute approximate surface area is 123 Å². The van der Waals surface area contributed by atoms with Crippen LogP contribution in [0.15, 0.2) is 23.3 Å². The van der Waals surface area contributed by atoms with E-state index in [9.17, 15) is 4.79 Å². The minimum Gasteiger partial charge on any atom is -0.493 e. The van der Waals surface area contributed by atoms with Crippen LogP contribution in [0.1, 0.15) is 18.4 Å². The molecule has 21 heavy (non-hydrogen) atoms. The number of nitrogens with zero attached hydrogens (tertiary/aromatic N) is 3. The van der Waals surface area contributed by atoms with Crippen molar-refractivity contribution >= 4 is 5.91 Å². The van der Waals surface area contributed by atoms with E-state index in [0.717, 1.165) is 18.4 Å². The molecule has 0 heterocycles. The van der Waals surface area contributed by atoms with Crippen molar-refractivity contribution in [3.8, 4) is 11.5 Å². The monoisotopic (exact) mass is 292 g/mol. The third kappa shape index (κ3) is 6.05. The second-order valence-electron chi connectivity index (χ2n) is 4.38. The highest BCUT2D eigenvalue weighted by Gasteiger charge is 2.07. The lowest BCUT2D eigenvalue weighted by Gasteiger charge is -2.09. The summed E-state index contributed by atoms with van der Waals surface area (Å²) in [4.78, 5) is 14.5. The Bertz CT molecular complexity index is 513. The second-order valence-corrected chi connectivity index (χ2v) is 4.38. The largest absolute Gasteiger partial charge is 0.493 e. The minimum atomic E-state index is -0.0500. The smallest absolute Gasteiger partial charge is 0.224 e. The first-order valence-corrected chi connectivity index (χ1v) is 6.69. The maximum absolute atomic E-state index is 11.8. The van der Waals surface area contributed by atoms with Gasteiger partial charge in [-0.2, -0.15) is 0 Å². The molecule has 0 bridgehead atoms. The van der Waals surface area contributed by atoms with Gasteiger partial charge in [-0.3, -0.25) is 4.79 Å². The maximum atomic E-state index is 11.8. The molecular weight excluding hydrogens is 272 g/mol. The van der Waals surface area contributed by atoms with Crippen LogP contribution in [0.3, 0.4) is 0 Å². The Morgan fingerprint density at radius 2 is 2.05 bits per heavy atom. The highest BCUT2D eigenvalue weighted by atomic mass is 16.5. The Balaban J connectivity index is 2.39. The molecule has 7 heteroatoms. The summed E-state index contributed by atoms with van der Waals surface area (Å²) >= 11 is 0. The molecule has 7 nitrogen and oxygen atoms in total. The van der Waals surface area contributed by atoms with Gasteiger partial charge in [0.05, 0.1) is 20.6 Å². The number of methoxy groups -OCH3 is 2. The van der Waals surface area contributed by atoms with E-state index in [1.807, 2.05) is 6.07 Å². The van der Waals surface area contributed by atoms with E-state index in [1.54, 1.807) is 26.4 Å². The number of hydrogen-bond donors (Lipinski definition) is 1. The van der Waals surface area contributed by atoms with Crippen LogP contribution < -0.4 is 14.8 Å². The molecule has 1 aromatic carbocycles. The van der Waals surface area contributed by atoms with Gasteiger partial charge < -0.3 is 14.8 Å². The summed E-state index contributed by atoms with van der Waals surface area (Å²) < 4.78 is 10.3. The molecule has 0 atom stereocenters. The summed E-state index contributed by atoms with van der Waals surface area (Å²) in [6.45, 7) is 1.04. The van der Waals surface area contributed by atoms with Crippen LogP contribution >= 0.6 is 0 Å². The first kappa shape index (κ1) is 16.7. The number of ether oxygens (including phenoxy) is 2. The number of carbonyl (C=O) groups excluding carboxylic acids is 1. The third-order valence-corrected chi connectivity index (χ3v) is 2.88. The van der Waals surface area contributed by atoms with E-state index in [0.29, 0.717) is 24.6 Å². The predicted octanol–water partition coefficient (Wildman–Crippen LogP) is 2.45. The first-order valence-electron chi connectivity index (χ1n) is 6.69. The second kappa shape index (κ2) is 9.50. The van der Waals surface area contributed by atoms with Crippen molar-refractivity contribution in [3.63, 3.8) is 0 Å². The van der Waals surface area contributed by atoms with Gasteiger partial charge in [-0.1, -0.05) is 11.2 Å². The van der Waals surface area contributed by atoms with Gasteiger partial charge in [0.25, 0.3) is 0 Å². The van der Waals surface area contributed by atoms with Crippen molar-refractivity contribution in [3.05, 3.63) is 34.2 Å². The number of benzene rings is 1. The number of amides is 1. The molecule has 0 spiro atoms. The van der Waals surface area contributed by atoms with E-state index in [2.05, 4.69) is 15.3 Å². The average molecular weight is 292 g/mol. The van der Waals surface area contributed by atoms with Crippen LogP contribution in [0.4, 0.5) is 0 Å². The van der Waals surface area contributed by atoms with Crippen molar-refractivity contribution in [2.75, 3.05) is 27.3 Å². The van der Waals surface area contributed by atoms with Crippen molar-refractivity contribution in [1.82, 2.24) is 5.32 Å². The van der Waals surface area contributed by atoms with Crippen LogP contribution in [-0.2, 0) is 11.2 Å². The number of nitrogens with one attached hydrogen (secondary N) is 1. The van der Waals surface area contributed by atoms with Gasteiger partial charge in [0.15, 0.2) is 11.5 Å². The summed E-state index contributed by atoms with van der Waals surface area (Å²) in [5, 5.41) is 6.26. The topological polar surface area (TPSA) is 96.3 Å². The third-order valence-electron chi connectivity index (χ3n) is 2.88. The van der Waals surface area contributed by atoms with E-state index >= 15 is 0 Å². The van der Waals surface area contributed by atoms with Gasteiger partial charge in [-0.05, 0) is 36.1 Å². The van der Waals surface area contributed by atoms with Gasteiger partial charge >= 0.3 is 0 Å². The Morgan fingerprint density at radius 3 is 2.71 bits per heavy atom. The molecule has 0 aliphatic rings. The van der Waals surface area contributed by atoms with Crippen molar-refractivity contribution < 1.29 is 14.3 Å². The Morgan fingerprint density at radius 1 is 1.29 bits per heavy atom. The van der Waals surface area contributed by atoms with Crippen LogP contribution in [0.25, 0.3) is 10.4 Å². The summed E-state index contributed by atoms with van der Waals surface area (Å²) in [5.74, 6) is 1.20. The maximum Gasteiger partial charge on any atom is 0.224 e. The van der Waals surface area contributed by atoms with Crippen LogP contribution in [0.2, 0.25) is 0 Å². The van der Waals surface area contributed by atoms with E-state index in [-0.39, 0.29) is 12.3 Å². The highest BCUT2D eigenvalue weighted by Crippen LogP contribution is 2.27. The van der Waals surface area contributed by atoms with Gasteiger partial charge in [0, 0.05) is 18.0 Å². The molecule has 1 rings (SSSR count). The molecular formula is C14H20N4O3. The number of hydrogen-bond acceptors (Lipinski definition) is 4. The minimum absolute atomic E-state index is 0.0500. The lowest BCUT2D eigenvalue weighted by atomic mass is 10.1. The number of rotatable bonds is 9. The van der Waals surface area contributed by atoms with Crippen LogP contribution in [-0.4, -0.2) is 33.2 Å². The first-order chi connectivity index (χ1) is 10.2. The average Bonchev–Trinajstić information content (AvgIpc) is 2.50. The Hall–Kier alpha value is -2.40. The standard InChI is InChI=1S/C14H20N4O3/c1-20-12-6-5-11(9-13(12)21-2)10-14(19)16-7-3-4-8-17-18-15/h5-6,9H,3-4,7-8,10H2,1-2H3,(H,16,19). The number of carbonyl (C=O) groups is 1. The molecule has 0 saturated carbocycles. The Kier molecular flexibility index (Phi) is 7.53. The van der Waals surface area contributed by atoms with Crippen molar-refractivity contribution in [1.29, 1.82) is 0 Å². The fourth-order valence-electron chi connectivity index (χ4n) is 1.82. The van der Waals surface area contributed by atoms with Gasteiger partial charge in [0.1, 0.15) is 0 Å². The van der Waals surface area contributed by atoms with Crippen LogP contribution in [0.5, 0.6) is 11.5 Å². The zero-order valence-corrected chi connectivity index (χ0v) is 12.3. The lowest BCUT2D eigenvalue weighted by Crippen LogP contribution is -2.26. The normalized spacial score (nSPS) is 9.62. The fraction of sp³-hybridized carbons (Fsp3) is 0.500. The highest BCUT2D eigenvalue weighted by molar-refractivity contribution is 5.78. The zero-order valence-electron chi connectivity index (χ0n) is 12.3. The molecule has 0 radical (unpaired) electrons. The van der Waals surface area contributed by atoms with Gasteiger partial charge in [-0.15, -0.1) is 0 Å². The van der Waals surface area contributed by atoms with E-state index in [1.165, 1.54) is 0 Å². The molecule has 114 valence electrons. The number of unbranched alkanes of at least 4 members (excludes halogenated alkanes) is 1. The number of azide groups is 1. The summed E-state index contributed by atoms with van der Waals surface area (Å²) in [5.41, 5.74) is 8.99. The SMILES string of the molecule is COc1ccc(CC(=O)NCCCCN=[N+]=[N-])cc1OC. The predicted molar refractivity (Wildman–Crippen MR) is 79.5 cm³/mol. The summed E-state index contributed by atoms with van der Waals surface area (Å²) in [6, 6.07) is 5.41. The van der Waals surface area contributed by atoms with E-state index in [4.69, 9.17) is 15.0 Å². The zero-order chi connectivity index (χ0) is 15.5. The molecule has 0 unspecified atom stereocenters. The fourth-order valence-corrected chi connectivity index (χ4v) is 1.82. The van der Waals surface area contributed by atoms with Gasteiger partial charge in [0.2, 0.25) is 5.91 Å². The summed E-state index contributed by atoms with van der Waals surface area (Å²) in [6.07, 6.45) is 1.84. The molecule has 0 fully saturated rings. The van der Waals surface area contributed by atoms with Crippen molar-refractivity contribution in [2.45, 2.75) is 19.3 Å². The molecule has 1 aromatic rings. The quantitative estimate of drug-likeness (QED) is 0.327. The molecule has 0 aliphatic carbocycles. The van der Waals surface area contributed by atoms with Crippen LogP contribution in [0, 0.1) is 0 Å². The molecule has 0 aliphatic heterocycles. The lowest BCUT2D eigenvalue weighted by molar-refractivity contribution is -0.120. The summed E-state index contributed by atoms with van der Waals surface area (Å²) in [7, 11) is 3.13. The molecule has 0 aromatic heterocycles. The van der Waals surface area contributed by atoms with Crippen molar-refractivity contribution in [2.24, 2.45) is 5.11 Å². The molecule has 0 saturated heterocycles. The van der Waals surface area contributed by atoms with Gasteiger partial charge in [-0.25, -0.2) is 0 Å². The molecule has 1 N–H and O–H groups in total. The van der Waals surface area contributed by atoms with E-state index < -0.39 is 0 Å². The molecule has 1 amide bonds.